The maximum atomic E-state index is 12.0. The van der Waals surface area contributed by atoms with Gasteiger partial charge in [0.25, 0.3) is 5.91 Å². The van der Waals surface area contributed by atoms with E-state index in [4.69, 9.17) is 0 Å². The molecule has 4 nitrogen and oxygen atoms in total. The normalized spacial score (nSPS) is 10.5. The van der Waals surface area contributed by atoms with E-state index in [0.29, 0.717) is 4.68 Å². The Balaban J connectivity index is 2.64. The molecular weight excluding hydrogens is 223 g/mol. The lowest BCUT2D eigenvalue weighted by molar-refractivity contribution is -0.142. The second-order valence-electron chi connectivity index (χ2n) is 2.87. The minimum absolute atomic E-state index is 0.178. The maximum absolute atomic E-state index is 12.0. The van der Waals surface area contributed by atoms with Crippen molar-refractivity contribution in [3.63, 3.8) is 0 Å². The molecule has 0 fully saturated rings. The van der Waals surface area contributed by atoms with E-state index < -0.39 is 18.6 Å². The summed E-state index contributed by atoms with van der Waals surface area (Å²) in [7, 11) is 0. The van der Waals surface area contributed by atoms with Gasteiger partial charge >= 0.3 is 6.18 Å². The molecule has 16 heavy (non-hydrogen) atoms. The molecule has 0 aliphatic heterocycles. The molecule has 1 rings (SSSR count). The van der Waals surface area contributed by atoms with Crippen LogP contribution in [-0.2, 0) is 11.3 Å². The highest BCUT2D eigenvalue weighted by Crippen LogP contribution is 2.17. The van der Waals surface area contributed by atoms with Gasteiger partial charge in [0.1, 0.15) is 6.54 Å². The third-order valence-electron chi connectivity index (χ3n) is 1.47. The molecule has 0 saturated heterocycles. The van der Waals surface area contributed by atoms with Crippen LogP contribution in [0.15, 0.2) is 12.4 Å². The highest BCUT2D eigenvalue weighted by molar-refractivity contribution is 6.03. The van der Waals surface area contributed by atoms with Gasteiger partial charge in [0.2, 0.25) is 0 Å². The number of hydrogen-bond acceptors (Lipinski definition) is 2. The summed E-state index contributed by atoms with van der Waals surface area (Å²) in [6.07, 6.45) is -2.12. The van der Waals surface area contributed by atoms with Crippen LogP contribution >= 0.6 is 0 Å². The Kier molecular flexibility index (Phi) is 3.55. The molecule has 0 spiro atoms. The van der Waals surface area contributed by atoms with Crippen LogP contribution in [0.2, 0.25) is 0 Å². The van der Waals surface area contributed by atoms with Gasteiger partial charge in [-0.05, 0) is 12.8 Å². The van der Waals surface area contributed by atoms with Crippen molar-refractivity contribution in [2.24, 2.45) is 0 Å². The Morgan fingerprint density at radius 2 is 2.31 bits per heavy atom. The van der Waals surface area contributed by atoms with Gasteiger partial charge in [0, 0.05) is 6.20 Å². The molecule has 0 bridgehead atoms. The minimum atomic E-state index is -4.34. The summed E-state index contributed by atoms with van der Waals surface area (Å²) in [6, 6.07) is 0. The van der Waals surface area contributed by atoms with Crippen molar-refractivity contribution in [2.75, 3.05) is 5.32 Å². The molecule has 86 valence electrons. The topological polar surface area (TPSA) is 46.9 Å². The van der Waals surface area contributed by atoms with Crippen LogP contribution in [0, 0.1) is 11.8 Å². The van der Waals surface area contributed by atoms with Crippen LogP contribution in [0.1, 0.15) is 6.92 Å². The van der Waals surface area contributed by atoms with Gasteiger partial charge in [-0.1, -0.05) is 5.92 Å². The minimum Gasteiger partial charge on any atom is -0.312 e. The standard InChI is InChI=1S/C9H8F3N3O/c1-2-3-8(16)14-7-4-13-15(5-7)6-9(10,11)12/h4-5H,6H2,1H3,(H,14,16). The number of carbonyl (C=O) groups is 1. The van der Waals surface area contributed by atoms with E-state index in [1.54, 1.807) is 0 Å². The van der Waals surface area contributed by atoms with E-state index in [1.807, 2.05) is 0 Å². The molecule has 1 aromatic heterocycles. The summed E-state index contributed by atoms with van der Waals surface area (Å²) in [6.45, 7) is 0.287. The Morgan fingerprint density at radius 1 is 1.62 bits per heavy atom. The van der Waals surface area contributed by atoms with Crippen molar-refractivity contribution < 1.29 is 18.0 Å². The van der Waals surface area contributed by atoms with Crippen molar-refractivity contribution in [1.82, 2.24) is 9.78 Å². The first kappa shape index (κ1) is 12.1. The van der Waals surface area contributed by atoms with Crippen molar-refractivity contribution in [3.8, 4) is 11.8 Å². The molecule has 0 radical (unpaired) electrons. The first-order valence-corrected chi connectivity index (χ1v) is 4.23. The number of rotatable bonds is 2. The summed E-state index contributed by atoms with van der Waals surface area (Å²) < 4.78 is 36.6. The summed E-state index contributed by atoms with van der Waals surface area (Å²) in [4.78, 5) is 11.0. The number of aromatic nitrogens is 2. The zero-order valence-corrected chi connectivity index (χ0v) is 8.30. The van der Waals surface area contributed by atoms with Crippen LogP contribution in [0.4, 0.5) is 18.9 Å². The van der Waals surface area contributed by atoms with Crippen molar-refractivity contribution in [2.45, 2.75) is 19.6 Å². The number of hydrogen-bond donors (Lipinski definition) is 1. The van der Waals surface area contributed by atoms with E-state index in [0.717, 1.165) is 12.4 Å². The van der Waals surface area contributed by atoms with Crippen LogP contribution < -0.4 is 5.32 Å². The summed E-state index contributed by atoms with van der Waals surface area (Å²) >= 11 is 0. The predicted molar refractivity (Wildman–Crippen MR) is 50.4 cm³/mol. The SMILES string of the molecule is CC#CC(=O)Nc1cnn(CC(F)(F)F)c1. The van der Waals surface area contributed by atoms with Gasteiger partial charge < -0.3 is 5.32 Å². The average molecular weight is 231 g/mol. The average Bonchev–Trinajstić information content (AvgIpc) is 2.49. The molecule has 1 amide bonds. The van der Waals surface area contributed by atoms with E-state index in [1.165, 1.54) is 6.92 Å². The Hall–Kier alpha value is -1.97. The van der Waals surface area contributed by atoms with Crippen LogP contribution in [0.3, 0.4) is 0 Å². The molecule has 1 heterocycles. The van der Waals surface area contributed by atoms with Crippen molar-refractivity contribution in [3.05, 3.63) is 12.4 Å². The Morgan fingerprint density at radius 3 is 2.88 bits per heavy atom. The number of anilines is 1. The molecular formula is C9H8F3N3O. The first-order chi connectivity index (χ1) is 7.40. The number of halogens is 3. The molecule has 0 aromatic carbocycles. The summed E-state index contributed by atoms with van der Waals surface area (Å²) in [5, 5.41) is 5.73. The molecule has 0 atom stereocenters. The van der Waals surface area contributed by atoms with Gasteiger partial charge in [0.05, 0.1) is 11.9 Å². The largest absolute Gasteiger partial charge is 0.408 e. The van der Waals surface area contributed by atoms with Gasteiger partial charge in [-0.25, -0.2) is 0 Å². The summed E-state index contributed by atoms with van der Waals surface area (Å²) in [5.41, 5.74) is 0.178. The Labute approximate surface area is 89.4 Å². The van der Waals surface area contributed by atoms with Gasteiger partial charge in [-0.2, -0.15) is 18.3 Å². The fraction of sp³-hybridized carbons (Fsp3) is 0.333. The number of alkyl halides is 3. The van der Waals surface area contributed by atoms with E-state index >= 15 is 0 Å². The number of nitrogens with zero attached hydrogens (tertiary/aromatic N) is 2. The van der Waals surface area contributed by atoms with Crippen molar-refractivity contribution in [1.29, 1.82) is 0 Å². The number of carbonyl (C=O) groups excluding carboxylic acids is 1. The van der Waals surface area contributed by atoms with E-state index in [9.17, 15) is 18.0 Å². The highest BCUT2D eigenvalue weighted by Gasteiger charge is 2.28. The highest BCUT2D eigenvalue weighted by atomic mass is 19.4. The van der Waals surface area contributed by atoms with E-state index in [-0.39, 0.29) is 5.69 Å². The van der Waals surface area contributed by atoms with Crippen LogP contribution in [0.25, 0.3) is 0 Å². The third kappa shape index (κ3) is 4.04. The smallest absolute Gasteiger partial charge is 0.312 e. The second kappa shape index (κ2) is 4.70. The molecule has 7 heteroatoms. The fourth-order valence-corrected chi connectivity index (χ4v) is 0.974. The molecule has 0 aliphatic carbocycles. The van der Waals surface area contributed by atoms with Gasteiger partial charge in [0.15, 0.2) is 0 Å². The zero-order valence-electron chi connectivity index (χ0n) is 8.30. The molecule has 1 aromatic rings. The lowest BCUT2D eigenvalue weighted by atomic mass is 10.5. The Bertz CT molecular complexity index is 439. The quantitative estimate of drug-likeness (QED) is 0.782. The van der Waals surface area contributed by atoms with Crippen LogP contribution in [-0.4, -0.2) is 21.9 Å². The van der Waals surface area contributed by atoms with Crippen molar-refractivity contribution >= 4 is 11.6 Å². The first-order valence-electron chi connectivity index (χ1n) is 4.23. The predicted octanol–water partition coefficient (Wildman–Crippen LogP) is 1.41. The number of nitrogens with one attached hydrogen (secondary N) is 1. The molecule has 0 unspecified atom stereocenters. The molecule has 1 N–H and O–H groups in total. The van der Waals surface area contributed by atoms with E-state index in [2.05, 4.69) is 22.3 Å². The summed E-state index contributed by atoms with van der Waals surface area (Å²) in [5.74, 6) is 3.97. The second-order valence-corrected chi connectivity index (χ2v) is 2.87. The van der Waals surface area contributed by atoms with Crippen LogP contribution in [0.5, 0.6) is 0 Å². The lowest BCUT2D eigenvalue weighted by Crippen LogP contribution is -2.17. The number of amides is 1. The zero-order chi connectivity index (χ0) is 12.2. The third-order valence-corrected chi connectivity index (χ3v) is 1.47. The molecule has 0 aliphatic rings. The molecule has 0 saturated carbocycles. The van der Waals surface area contributed by atoms with Gasteiger partial charge in [-0.15, -0.1) is 0 Å². The fourth-order valence-electron chi connectivity index (χ4n) is 0.974. The maximum Gasteiger partial charge on any atom is 0.408 e. The monoisotopic (exact) mass is 231 g/mol. The van der Waals surface area contributed by atoms with Gasteiger partial charge in [-0.3, -0.25) is 9.48 Å². The lowest BCUT2D eigenvalue weighted by Gasteiger charge is -2.04.